The molecule has 2 bridgehead atoms. The number of carbonyl (C=O) groups excluding carboxylic acids is 1. The molecule has 3 saturated heterocycles. The van der Waals surface area contributed by atoms with Crippen molar-refractivity contribution in [1.82, 2.24) is 15.3 Å². The number of piperidine rings is 1. The normalized spacial score (nSPS) is 18.9. The minimum absolute atomic E-state index is 0.0179. The first-order valence-corrected chi connectivity index (χ1v) is 10.5. The van der Waals surface area contributed by atoms with Gasteiger partial charge in [0.2, 0.25) is 0 Å². The number of hydrogen-bond donors (Lipinski definition) is 2. The second-order valence-electron chi connectivity index (χ2n) is 7.90. The molecule has 0 unspecified atom stereocenters. The third-order valence-electron chi connectivity index (χ3n) is 5.70. The summed E-state index contributed by atoms with van der Waals surface area (Å²) in [6.07, 6.45) is 3.46. The topological polar surface area (TPSA) is 103 Å². The van der Waals surface area contributed by atoms with Crippen LogP contribution in [0.5, 0.6) is 0 Å². The smallest absolute Gasteiger partial charge is 0.252 e. The molecule has 6 rings (SSSR count). The largest absolute Gasteiger partial charge is 0.371 e. The van der Waals surface area contributed by atoms with Crippen LogP contribution >= 0.6 is 0 Å². The minimum atomic E-state index is -0.277. The van der Waals surface area contributed by atoms with Crippen LogP contribution in [0.15, 0.2) is 60.9 Å². The number of aromatic nitrogens is 2. The Morgan fingerprint density at radius 3 is 2.50 bits per heavy atom. The van der Waals surface area contributed by atoms with Gasteiger partial charge in [-0.1, -0.05) is 12.1 Å². The van der Waals surface area contributed by atoms with Crippen molar-refractivity contribution in [2.45, 2.75) is 18.6 Å². The summed E-state index contributed by atoms with van der Waals surface area (Å²) in [5.74, 6) is 0.409. The highest BCUT2D eigenvalue weighted by molar-refractivity contribution is 5.94. The van der Waals surface area contributed by atoms with Crippen molar-refractivity contribution in [3.63, 3.8) is 0 Å². The zero-order chi connectivity index (χ0) is 21.9. The summed E-state index contributed by atoms with van der Waals surface area (Å²) in [4.78, 5) is 23.0. The van der Waals surface area contributed by atoms with Gasteiger partial charge in [-0.2, -0.15) is 5.26 Å². The van der Waals surface area contributed by atoms with Crippen molar-refractivity contribution < 1.29 is 9.53 Å². The molecule has 2 atom stereocenters. The second-order valence-corrected chi connectivity index (χ2v) is 7.90. The van der Waals surface area contributed by atoms with Gasteiger partial charge >= 0.3 is 0 Å². The van der Waals surface area contributed by atoms with Gasteiger partial charge in [0.25, 0.3) is 5.91 Å². The first kappa shape index (κ1) is 20.0. The zero-order valence-corrected chi connectivity index (χ0v) is 17.4. The summed E-state index contributed by atoms with van der Waals surface area (Å²) in [7, 11) is 0. The van der Waals surface area contributed by atoms with E-state index in [1.165, 1.54) is 18.4 Å². The van der Waals surface area contributed by atoms with Crippen molar-refractivity contribution in [2.75, 3.05) is 29.9 Å². The lowest BCUT2D eigenvalue weighted by molar-refractivity contribution is -0.133. The number of amides is 1. The van der Waals surface area contributed by atoms with Crippen LogP contribution in [-0.2, 0) is 4.74 Å². The summed E-state index contributed by atoms with van der Waals surface area (Å²) in [5.41, 5.74) is 4.26. The Labute approximate surface area is 185 Å². The summed E-state index contributed by atoms with van der Waals surface area (Å²) in [5, 5.41) is 14.4. The molecule has 32 heavy (non-hydrogen) atoms. The third kappa shape index (κ3) is 4.24. The molecule has 2 N–H and O–H groups in total. The second kappa shape index (κ2) is 8.65. The van der Waals surface area contributed by atoms with Crippen molar-refractivity contribution in [2.24, 2.45) is 0 Å². The van der Waals surface area contributed by atoms with Crippen molar-refractivity contribution in [3.8, 4) is 17.3 Å². The Morgan fingerprint density at radius 2 is 1.81 bits per heavy atom. The van der Waals surface area contributed by atoms with E-state index in [1.54, 1.807) is 12.1 Å². The monoisotopic (exact) mass is 426 g/mol. The molecule has 8 heteroatoms. The van der Waals surface area contributed by atoms with E-state index >= 15 is 0 Å². The van der Waals surface area contributed by atoms with Crippen LogP contribution in [0.1, 0.15) is 16.8 Å². The summed E-state index contributed by atoms with van der Waals surface area (Å²) < 4.78 is 5.71. The Bertz CT molecular complexity index is 1140. The fourth-order valence-electron chi connectivity index (χ4n) is 4.07. The van der Waals surface area contributed by atoms with Crippen LogP contribution < -0.4 is 15.5 Å². The first-order chi connectivity index (χ1) is 15.7. The number of nitrogens with zero attached hydrogens (tertiary/aromatic N) is 4. The van der Waals surface area contributed by atoms with Gasteiger partial charge in [-0.3, -0.25) is 4.79 Å². The van der Waals surface area contributed by atoms with Crippen LogP contribution in [0.2, 0.25) is 0 Å². The first-order valence-electron chi connectivity index (χ1n) is 10.5. The number of rotatable bonds is 6. The number of hydrogen-bond acceptors (Lipinski definition) is 7. The molecule has 4 heterocycles. The van der Waals surface area contributed by atoms with E-state index in [1.807, 2.05) is 36.4 Å². The number of anilines is 3. The van der Waals surface area contributed by atoms with Gasteiger partial charge in [-0.05, 0) is 36.4 Å². The molecular weight excluding hydrogens is 404 g/mol. The van der Waals surface area contributed by atoms with Gasteiger partial charge in [0.15, 0.2) is 0 Å². The maximum absolute atomic E-state index is 11.9. The van der Waals surface area contributed by atoms with Gasteiger partial charge in [0.1, 0.15) is 18.7 Å². The van der Waals surface area contributed by atoms with E-state index in [-0.39, 0.29) is 12.5 Å². The van der Waals surface area contributed by atoms with Crippen LogP contribution in [0, 0.1) is 11.3 Å². The summed E-state index contributed by atoms with van der Waals surface area (Å²) in [6.45, 7) is 1.89. The molecular formula is C24H22N6O2. The van der Waals surface area contributed by atoms with Gasteiger partial charge in [0.05, 0.1) is 24.0 Å². The molecule has 160 valence electrons. The highest BCUT2D eigenvalue weighted by Gasteiger charge is 2.38. The maximum Gasteiger partial charge on any atom is 0.252 e. The molecule has 0 aliphatic carbocycles. The van der Waals surface area contributed by atoms with Crippen LogP contribution in [0.3, 0.4) is 0 Å². The number of morpholine rings is 1. The SMILES string of the molecule is N#CCNC(=O)c1ccc(-c2cc(Nc3ccc(N4C[C@H]5C[C@@H](C4)O5)cc3)ncn2)cc1. The predicted octanol–water partition coefficient (Wildman–Crippen LogP) is 3.12. The molecule has 0 radical (unpaired) electrons. The summed E-state index contributed by atoms with van der Waals surface area (Å²) >= 11 is 0. The molecule has 3 aliphatic heterocycles. The lowest BCUT2D eigenvalue weighted by atomic mass is 9.98. The molecule has 3 aromatic rings. The average Bonchev–Trinajstić information content (AvgIpc) is 2.83. The zero-order valence-electron chi connectivity index (χ0n) is 17.4. The standard InChI is InChI=1S/C24H22N6O2/c25-9-10-26-24(31)17-3-1-16(2-4-17)22-12-23(28-15-27-22)29-18-5-7-19(8-6-18)30-13-20-11-21(14-30)32-20/h1-8,12,15,20-21H,10-11,13-14H2,(H,26,31)(H,27,28,29)/t20-,21+. The van der Waals surface area contributed by atoms with Crippen molar-refractivity contribution in [3.05, 3.63) is 66.5 Å². The molecule has 0 saturated carbocycles. The quantitative estimate of drug-likeness (QED) is 0.584. The lowest BCUT2D eigenvalue weighted by Gasteiger charge is -2.48. The van der Waals surface area contributed by atoms with Gasteiger partial charge in [0, 0.05) is 48.1 Å². The number of carbonyl (C=O) groups is 1. The Balaban J connectivity index is 1.25. The summed E-state index contributed by atoms with van der Waals surface area (Å²) in [6, 6.07) is 19.2. The minimum Gasteiger partial charge on any atom is -0.371 e. The molecule has 3 fully saturated rings. The number of nitriles is 1. The third-order valence-corrected chi connectivity index (χ3v) is 5.70. The van der Waals surface area contributed by atoms with Crippen molar-refractivity contribution in [1.29, 1.82) is 5.26 Å². The Hall–Kier alpha value is -3.96. The number of benzene rings is 2. The van der Waals surface area contributed by atoms with Gasteiger partial charge in [-0.25, -0.2) is 9.97 Å². The van der Waals surface area contributed by atoms with E-state index in [0.717, 1.165) is 30.0 Å². The fourth-order valence-corrected chi connectivity index (χ4v) is 4.07. The lowest BCUT2D eigenvalue weighted by Crippen LogP contribution is -2.57. The van der Waals surface area contributed by atoms with E-state index < -0.39 is 0 Å². The van der Waals surface area contributed by atoms with E-state index in [0.29, 0.717) is 23.6 Å². The van der Waals surface area contributed by atoms with Crippen molar-refractivity contribution >= 4 is 23.1 Å². The number of fused-ring (bicyclic) bond motifs is 2. The van der Waals surface area contributed by atoms with E-state index in [9.17, 15) is 4.79 Å². The molecule has 0 spiro atoms. The highest BCUT2D eigenvalue weighted by Crippen LogP contribution is 2.32. The number of nitrogens with one attached hydrogen (secondary N) is 2. The predicted molar refractivity (Wildman–Crippen MR) is 121 cm³/mol. The molecule has 1 aromatic heterocycles. The highest BCUT2D eigenvalue weighted by atomic mass is 16.5. The van der Waals surface area contributed by atoms with Gasteiger partial charge in [-0.15, -0.1) is 0 Å². The maximum atomic E-state index is 11.9. The van der Waals surface area contributed by atoms with Crippen LogP contribution in [-0.4, -0.2) is 47.7 Å². The van der Waals surface area contributed by atoms with E-state index in [2.05, 4.69) is 37.6 Å². The molecule has 2 aromatic carbocycles. The Kier molecular flexibility index (Phi) is 5.40. The fraction of sp³-hybridized carbons (Fsp3) is 0.250. The molecule has 3 aliphatic rings. The van der Waals surface area contributed by atoms with E-state index in [4.69, 9.17) is 10.00 Å². The van der Waals surface area contributed by atoms with Gasteiger partial charge < -0.3 is 20.3 Å². The Morgan fingerprint density at radius 1 is 1.09 bits per heavy atom. The van der Waals surface area contributed by atoms with Crippen LogP contribution in [0.4, 0.5) is 17.2 Å². The average molecular weight is 426 g/mol. The van der Waals surface area contributed by atoms with Crippen LogP contribution in [0.25, 0.3) is 11.3 Å². The molecule has 1 amide bonds. The molecule has 8 nitrogen and oxygen atoms in total. The number of ether oxygens (including phenoxy) is 1.